The van der Waals surface area contributed by atoms with Crippen LogP contribution >= 0.6 is 11.6 Å². The fraction of sp³-hybridized carbons (Fsp3) is 0.250. The normalized spacial score (nSPS) is 19.0. The Morgan fingerprint density at radius 1 is 1.21 bits per heavy atom. The Bertz CT molecular complexity index is 870. The lowest BCUT2D eigenvalue weighted by atomic mass is 10.2. The van der Waals surface area contributed by atoms with E-state index in [1.165, 1.54) is 6.20 Å². The van der Waals surface area contributed by atoms with Crippen LogP contribution < -0.4 is 10.6 Å². The summed E-state index contributed by atoms with van der Waals surface area (Å²) in [5.74, 6) is -0.0583. The Kier molecular flexibility index (Phi) is 4.73. The molecule has 6 nitrogen and oxygen atoms in total. The van der Waals surface area contributed by atoms with Gasteiger partial charge >= 0.3 is 0 Å². The average Bonchev–Trinajstić information content (AvgIpc) is 2.86. The molecule has 1 amide bonds. The van der Waals surface area contributed by atoms with Gasteiger partial charge in [-0.05, 0) is 36.8 Å². The molecule has 1 saturated heterocycles. The van der Waals surface area contributed by atoms with Gasteiger partial charge in [0, 0.05) is 28.6 Å². The molecule has 1 fully saturated rings. The molecule has 0 spiro atoms. The molecule has 2 N–H and O–H groups in total. The highest BCUT2D eigenvalue weighted by Crippen LogP contribution is 2.19. The van der Waals surface area contributed by atoms with Crippen LogP contribution in [0.25, 0.3) is 0 Å². The molecule has 1 aromatic carbocycles. The SMILES string of the molecule is O=C(Nc1cccc(Cl)c1)c1cc(NC2CCS(=O)(=O)C2)ccn1. The summed E-state index contributed by atoms with van der Waals surface area (Å²) in [6, 6.07) is 10.0. The van der Waals surface area contributed by atoms with Crippen LogP contribution in [0.1, 0.15) is 16.9 Å². The van der Waals surface area contributed by atoms with Crippen LogP contribution in [0.2, 0.25) is 5.02 Å². The predicted molar refractivity (Wildman–Crippen MR) is 94.3 cm³/mol. The summed E-state index contributed by atoms with van der Waals surface area (Å²) in [4.78, 5) is 16.3. The first kappa shape index (κ1) is 16.7. The molecule has 24 heavy (non-hydrogen) atoms. The van der Waals surface area contributed by atoms with E-state index in [4.69, 9.17) is 11.6 Å². The van der Waals surface area contributed by atoms with Gasteiger partial charge in [0.05, 0.1) is 11.5 Å². The predicted octanol–water partition coefficient (Wildman–Crippen LogP) is 2.59. The second kappa shape index (κ2) is 6.78. The van der Waals surface area contributed by atoms with Crippen molar-refractivity contribution in [2.24, 2.45) is 0 Å². The average molecular weight is 366 g/mol. The van der Waals surface area contributed by atoms with E-state index >= 15 is 0 Å². The highest BCUT2D eigenvalue weighted by Gasteiger charge is 2.27. The summed E-state index contributed by atoms with van der Waals surface area (Å²) in [5.41, 5.74) is 1.48. The van der Waals surface area contributed by atoms with E-state index in [1.54, 1.807) is 36.4 Å². The van der Waals surface area contributed by atoms with E-state index in [0.29, 0.717) is 22.8 Å². The number of rotatable bonds is 4. The highest BCUT2D eigenvalue weighted by atomic mass is 35.5. The lowest BCUT2D eigenvalue weighted by Gasteiger charge is -2.13. The van der Waals surface area contributed by atoms with E-state index in [2.05, 4.69) is 15.6 Å². The summed E-state index contributed by atoms with van der Waals surface area (Å²) in [6.45, 7) is 0. The second-order valence-electron chi connectivity index (χ2n) is 5.64. The van der Waals surface area contributed by atoms with Crippen LogP contribution in [0.4, 0.5) is 11.4 Å². The quantitative estimate of drug-likeness (QED) is 0.869. The van der Waals surface area contributed by atoms with Crippen LogP contribution in [0.3, 0.4) is 0 Å². The lowest BCUT2D eigenvalue weighted by Crippen LogP contribution is -2.21. The number of carbonyl (C=O) groups is 1. The van der Waals surface area contributed by atoms with Crippen molar-refractivity contribution in [3.8, 4) is 0 Å². The number of pyridine rings is 1. The third-order valence-electron chi connectivity index (χ3n) is 3.68. The molecule has 2 heterocycles. The minimum absolute atomic E-state index is 0.110. The van der Waals surface area contributed by atoms with Gasteiger partial charge in [0.15, 0.2) is 9.84 Å². The molecule has 0 saturated carbocycles. The molecular formula is C16H16ClN3O3S. The van der Waals surface area contributed by atoms with Gasteiger partial charge in [0.2, 0.25) is 0 Å². The molecule has 1 aliphatic heterocycles. The Labute approximate surface area is 145 Å². The second-order valence-corrected chi connectivity index (χ2v) is 8.30. The molecule has 1 atom stereocenters. The van der Waals surface area contributed by atoms with Gasteiger partial charge in [-0.15, -0.1) is 0 Å². The van der Waals surface area contributed by atoms with E-state index in [9.17, 15) is 13.2 Å². The number of nitrogens with one attached hydrogen (secondary N) is 2. The van der Waals surface area contributed by atoms with E-state index < -0.39 is 9.84 Å². The summed E-state index contributed by atoms with van der Waals surface area (Å²) >= 11 is 5.89. The zero-order valence-electron chi connectivity index (χ0n) is 12.7. The summed E-state index contributed by atoms with van der Waals surface area (Å²) in [7, 11) is -2.96. The molecule has 8 heteroatoms. The van der Waals surface area contributed by atoms with E-state index in [1.807, 2.05) is 0 Å². The van der Waals surface area contributed by atoms with Crippen molar-refractivity contribution in [2.75, 3.05) is 22.1 Å². The first-order valence-corrected chi connectivity index (χ1v) is 9.61. The monoisotopic (exact) mass is 365 g/mol. The van der Waals surface area contributed by atoms with Crippen molar-refractivity contribution >= 4 is 38.7 Å². The van der Waals surface area contributed by atoms with Gasteiger partial charge in [0.1, 0.15) is 5.69 Å². The number of aromatic nitrogens is 1. The van der Waals surface area contributed by atoms with Gasteiger partial charge in [-0.2, -0.15) is 0 Å². The Morgan fingerprint density at radius 3 is 2.75 bits per heavy atom. The van der Waals surface area contributed by atoms with Gasteiger partial charge in [-0.3, -0.25) is 9.78 Å². The summed E-state index contributed by atoms with van der Waals surface area (Å²) in [6.07, 6.45) is 2.08. The Balaban J connectivity index is 1.69. The van der Waals surface area contributed by atoms with Crippen LogP contribution in [-0.4, -0.2) is 36.9 Å². The van der Waals surface area contributed by atoms with Crippen molar-refractivity contribution in [3.05, 3.63) is 53.3 Å². The number of hydrogen-bond donors (Lipinski definition) is 2. The molecule has 0 aliphatic carbocycles. The first-order valence-electron chi connectivity index (χ1n) is 7.41. The van der Waals surface area contributed by atoms with Crippen molar-refractivity contribution in [1.29, 1.82) is 0 Å². The molecular weight excluding hydrogens is 350 g/mol. The van der Waals surface area contributed by atoms with E-state index in [-0.39, 0.29) is 29.1 Å². The number of nitrogens with zero attached hydrogens (tertiary/aromatic N) is 1. The van der Waals surface area contributed by atoms with Gasteiger partial charge in [-0.1, -0.05) is 17.7 Å². The zero-order valence-corrected chi connectivity index (χ0v) is 14.3. The molecule has 1 aromatic heterocycles. The largest absolute Gasteiger partial charge is 0.381 e. The van der Waals surface area contributed by atoms with Crippen molar-refractivity contribution in [1.82, 2.24) is 4.98 Å². The summed E-state index contributed by atoms with van der Waals surface area (Å²) in [5, 5.41) is 6.39. The molecule has 0 bridgehead atoms. The molecule has 3 rings (SSSR count). The number of amides is 1. The minimum Gasteiger partial charge on any atom is -0.381 e. The Hall–Kier alpha value is -2.12. The number of hydrogen-bond acceptors (Lipinski definition) is 5. The fourth-order valence-corrected chi connectivity index (χ4v) is 4.41. The fourth-order valence-electron chi connectivity index (χ4n) is 2.55. The van der Waals surface area contributed by atoms with Crippen molar-refractivity contribution in [2.45, 2.75) is 12.5 Å². The smallest absolute Gasteiger partial charge is 0.274 e. The van der Waals surface area contributed by atoms with Gasteiger partial charge in [-0.25, -0.2) is 8.42 Å². The third kappa shape index (κ3) is 4.24. The van der Waals surface area contributed by atoms with Crippen LogP contribution in [0.15, 0.2) is 42.6 Å². The minimum atomic E-state index is -2.96. The van der Waals surface area contributed by atoms with Crippen LogP contribution in [-0.2, 0) is 9.84 Å². The van der Waals surface area contributed by atoms with Crippen molar-refractivity contribution in [3.63, 3.8) is 0 Å². The number of sulfone groups is 1. The van der Waals surface area contributed by atoms with Crippen LogP contribution in [0, 0.1) is 0 Å². The molecule has 126 valence electrons. The van der Waals surface area contributed by atoms with E-state index in [0.717, 1.165) is 0 Å². The van der Waals surface area contributed by atoms with Crippen molar-refractivity contribution < 1.29 is 13.2 Å². The molecule has 0 radical (unpaired) electrons. The maximum absolute atomic E-state index is 12.3. The molecule has 2 aromatic rings. The number of halogens is 1. The number of carbonyl (C=O) groups excluding carboxylic acids is 1. The zero-order chi connectivity index (χ0) is 17.2. The highest BCUT2D eigenvalue weighted by molar-refractivity contribution is 7.91. The topological polar surface area (TPSA) is 88.2 Å². The maximum atomic E-state index is 12.3. The Morgan fingerprint density at radius 2 is 2.04 bits per heavy atom. The molecule has 1 aliphatic rings. The van der Waals surface area contributed by atoms with Crippen LogP contribution in [0.5, 0.6) is 0 Å². The number of benzene rings is 1. The first-order chi connectivity index (χ1) is 11.4. The molecule has 1 unspecified atom stereocenters. The standard InChI is InChI=1S/C16H16ClN3O3S/c17-11-2-1-3-12(8-11)20-16(21)15-9-13(4-6-18-15)19-14-5-7-24(22,23)10-14/h1-4,6,8-9,14H,5,7,10H2,(H,18,19)(H,20,21). The maximum Gasteiger partial charge on any atom is 0.274 e. The third-order valence-corrected chi connectivity index (χ3v) is 5.68. The van der Waals surface area contributed by atoms with Gasteiger partial charge in [0.25, 0.3) is 5.91 Å². The lowest BCUT2D eigenvalue weighted by molar-refractivity contribution is 0.102. The number of anilines is 2. The van der Waals surface area contributed by atoms with Gasteiger partial charge < -0.3 is 10.6 Å². The summed E-state index contributed by atoms with van der Waals surface area (Å²) < 4.78 is 23.0.